The van der Waals surface area contributed by atoms with Crippen molar-refractivity contribution < 1.29 is 4.79 Å². The molecule has 4 heterocycles. The van der Waals surface area contributed by atoms with Gasteiger partial charge in [-0.25, -0.2) is 4.98 Å². The van der Waals surface area contributed by atoms with Crippen LogP contribution >= 0.6 is 11.3 Å². The number of fused-ring (bicyclic) bond motifs is 2. The van der Waals surface area contributed by atoms with Gasteiger partial charge in [0, 0.05) is 6.20 Å². The van der Waals surface area contributed by atoms with Crippen molar-refractivity contribution in [3.05, 3.63) is 57.3 Å². The maximum absolute atomic E-state index is 13.1. The number of hydrogen-bond acceptors (Lipinski definition) is 6. The van der Waals surface area contributed by atoms with Gasteiger partial charge >= 0.3 is 0 Å². The van der Waals surface area contributed by atoms with Gasteiger partial charge in [-0.2, -0.15) is 0 Å². The van der Waals surface area contributed by atoms with E-state index in [4.69, 9.17) is 0 Å². The van der Waals surface area contributed by atoms with Crippen molar-refractivity contribution in [2.75, 3.05) is 0 Å². The van der Waals surface area contributed by atoms with Gasteiger partial charge in [0.2, 0.25) is 0 Å². The highest BCUT2D eigenvalue weighted by molar-refractivity contribution is 7.20. The Balaban J connectivity index is 1.71. The van der Waals surface area contributed by atoms with Crippen LogP contribution in [0.15, 0.2) is 35.5 Å². The summed E-state index contributed by atoms with van der Waals surface area (Å²) in [5.74, 6) is 0.792. The zero-order valence-electron chi connectivity index (χ0n) is 15.8. The van der Waals surface area contributed by atoms with Crippen LogP contribution in [0.25, 0.3) is 15.9 Å². The van der Waals surface area contributed by atoms with Crippen molar-refractivity contribution in [2.24, 2.45) is 5.92 Å². The molecule has 0 aliphatic rings. The van der Waals surface area contributed by atoms with E-state index in [1.165, 1.54) is 17.7 Å². The van der Waals surface area contributed by atoms with Crippen molar-refractivity contribution in [1.82, 2.24) is 29.9 Å². The second-order valence-corrected chi connectivity index (χ2v) is 8.11. The summed E-state index contributed by atoms with van der Waals surface area (Å²) in [5, 5.41) is 12.1. The van der Waals surface area contributed by atoms with Crippen LogP contribution < -0.4 is 10.9 Å². The number of aromatic amines is 1. The molecule has 4 aromatic rings. The van der Waals surface area contributed by atoms with Crippen molar-refractivity contribution in [1.29, 1.82) is 0 Å². The largest absolute Gasteiger partial charge is 0.341 e. The Labute approximate surface area is 164 Å². The molecule has 1 atom stereocenters. The average Bonchev–Trinajstić information content (AvgIpc) is 3.23. The summed E-state index contributed by atoms with van der Waals surface area (Å²) in [6.07, 6.45) is 3.95. The number of H-pyrrole nitrogens is 1. The lowest BCUT2D eigenvalue weighted by Gasteiger charge is -2.19. The number of hydrogen-bond donors (Lipinski definition) is 2. The van der Waals surface area contributed by atoms with Crippen LogP contribution in [0.4, 0.5) is 0 Å². The molecular formula is C19H20N6O2S. The molecule has 0 aliphatic heterocycles. The molecular weight excluding hydrogens is 376 g/mol. The van der Waals surface area contributed by atoms with Gasteiger partial charge in [-0.1, -0.05) is 19.9 Å². The van der Waals surface area contributed by atoms with E-state index in [9.17, 15) is 9.59 Å². The number of carbonyl (C=O) groups excluding carboxylic acids is 1. The summed E-state index contributed by atoms with van der Waals surface area (Å²) in [6.45, 7) is 5.96. The predicted molar refractivity (Wildman–Crippen MR) is 108 cm³/mol. The van der Waals surface area contributed by atoms with Gasteiger partial charge in [0.15, 0.2) is 11.5 Å². The first-order valence-electron chi connectivity index (χ1n) is 9.03. The first kappa shape index (κ1) is 18.3. The predicted octanol–water partition coefficient (Wildman–Crippen LogP) is 2.85. The van der Waals surface area contributed by atoms with Crippen LogP contribution in [0.1, 0.15) is 47.4 Å². The lowest BCUT2D eigenvalue weighted by atomic mass is 10.0. The van der Waals surface area contributed by atoms with E-state index >= 15 is 0 Å². The van der Waals surface area contributed by atoms with Crippen molar-refractivity contribution >= 4 is 33.1 Å². The van der Waals surface area contributed by atoms with Crippen LogP contribution in [0.3, 0.4) is 0 Å². The van der Waals surface area contributed by atoms with Crippen molar-refractivity contribution in [3.63, 3.8) is 0 Å². The lowest BCUT2D eigenvalue weighted by Crippen LogP contribution is -2.30. The SMILES string of the molecule is Cc1c(C(=O)N[C@@H](CC(C)C)c2nnc3ccccn23)sc2nc[nH]c(=O)c12. The maximum Gasteiger partial charge on any atom is 0.262 e. The summed E-state index contributed by atoms with van der Waals surface area (Å²) in [4.78, 5) is 33.0. The second-order valence-electron chi connectivity index (χ2n) is 7.11. The number of amides is 1. The van der Waals surface area contributed by atoms with Crippen molar-refractivity contribution in [3.8, 4) is 0 Å². The summed E-state index contributed by atoms with van der Waals surface area (Å²) in [7, 11) is 0. The lowest BCUT2D eigenvalue weighted by molar-refractivity contribution is 0.0933. The molecule has 0 aliphatic carbocycles. The summed E-state index contributed by atoms with van der Waals surface area (Å²) in [5.41, 5.74) is 1.13. The number of nitrogens with one attached hydrogen (secondary N) is 2. The van der Waals surface area contributed by atoms with Gasteiger partial charge in [0.25, 0.3) is 11.5 Å². The fraction of sp³-hybridized carbons (Fsp3) is 0.316. The highest BCUT2D eigenvalue weighted by atomic mass is 32.1. The highest BCUT2D eigenvalue weighted by Gasteiger charge is 2.25. The highest BCUT2D eigenvalue weighted by Crippen LogP contribution is 2.28. The third-order valence-electron chi connectivity index (χ3n) is 4.60. The minimum Gasteiger partial charge on any atom is -0.341 e. The molecule has 144 valence electrons. The Morgan fingerprint density at radius 1 is 1.32 bits per heavy atom. The van der Waals surface area contributed by atoms with E-state index in [-0.39, 0.29) is 17.5 Å². The summed E-state index contributed by atoms with van der Waals surface area (Å²) < 4.78 is 1.89. The Kier molecular flexibility index (Phi) is 4.68. The quantitative estimate of drug-likeness (QED) is 0.540. The first-order chi connectivity index (χ1) is 13.5. The van der Waals surface area contributed by atoms with E-state index in [1.807, 2.05) is 28.8 Å². The second kappa shape index (κ2) is 7.16. The molecule has 0 bridgehead atoms. The molecule has 9 heteroatoms. The summed E-state index contributed by atoms with van der Waals surface area (Å²) >= 11 is 1.22. The molecule has 0 saturated carbocycles. The molecule has 0 aromatic carbocycles. The fourth-order valence-corrected chi connectivity index (χ4v) is 4.37. The normalized spacial score (nSPS) is 12.7. The van der Waals surface area contributed by atoms with Crippen molar-refractivity contribution in [2.45, 2.75) is 33.2 Å². The van der Waals surface area contributed by atoms with Crippen LogP contribution in [-0.4, -0.2) is 30.5 Å². The van der Waals surface area contributed by atoms with Gasteiger partial charge < -0.3 is 10.3 Å². The molecule has 0 spiro atoms. The molecule has 2 N–H and O–H groups in total. The topological polar surface area (TPSA) is 105 Å². The van der Waals surface area contributed by atoms with E-state index in [2.05, 4.69) is 39.3 Å². The molecule has 8 nitrogen and oxygen atoms in total. The Morgan fingerprint density at radius 3 is 2.89 bits per heavy atom. The smallest absolute Gasteiger partial charge is 0.262 e. The molecule has 0 unspecified atom stereocenters. The van der Waals surface area contributed by atoms with E-state index in [0.717, 1.165) is 5.65 Å². The molecule has 0 radical (unpaired) electrons. The number of pyridine rings is 1. The van der Waals surface area contributed by atoms with Gasteiger partial charge in [0.05, 0.1) is 22.6 Å². The van der Waals surface area contributed by atoms with Crippen LogP contribution in [0.2, 0.25) is 0 Å². The van der Waals surface area contributed by atoms with E-state index in [0.29, 0.717) is 38.8 Å². The molecule has 4 aromatic heterocycles. The number of nitrogens with zero attached hydrogens (tertiary/aromatic N) is 4. The molecule has 0 saturated heterocycles. The number of aromatic nitrogens is 5. The number of thiophene rings is 1. The van der Waals surface area contributed by atoms with E-state index < -0.39 is 0 Å². The zero-order chi connectivity index (χ0) is 19.8. The summed E-state index contributed by atoms with van der Waals surface area (Å²) in [6, 6.07) is 5.37. The molecule has 1 amide bonds. The third-order valence-corrected chi connectivity index (χ3v) is 5.80. The van der Waals surface area contributed by atoms with Gasteiger partial charge in [-0.15, -0.1) is 21.5 Å². The maximum atomic E-state index is 13.1. The van der Waals surface area contributed by atoms with Crippen LogP contribution in [-0.2, 0) is 0 Å². The number of rotatable bonds is 5. The Morgan fingerprint density at radius 2 is 2.14 bits per heavy atom. The molecule has 0 fully saturated rings. The molecule has 28 heavy (non-hydrogen) atoms. The van der Waals surface area contributed by atoms with E-state index in [1.54, 1.807) is 6.92 Å². The number of carbonyl (C=O) groups is 1. The van der Waals surface area contributed by atoms with Gasteiger partial charge in [-0.3, -0.25) is 14.0 Å². The standard InChI is InChI=1S/C19H20N6O2S/c1-10(2)8-12(16-24-23-13-6-4-5-7-25(13)16)22-18(27)15-11(3)14-17(26)20-9-21-19(14)28-15/h4-7,9-10,12H,8H2,1-3H3,(H,22,27)(H,20,21,26)/t12-/m0/s1. The Hall–Kier alpha value is -3.07. The average molecular weight is 396 g/mol. The van der Waals surface area contributed by atoms with Crippen LogP contribution in [0.5, 0.6) is 0 Å². The molecule has 4 rings (SSSR count). The minimum absolute atomic E-state index is 0.236. The third kappa shape index (κ3) is 3.18. The zero-order valence-corrected chi connectivity index (χ0v) is 16.6. The van der Waals surface area contributed by atoms with Crippen LogP contribution in [0, 0.1) is 12.8 Å². The Bertz CT molecular complexity index is 1220. The van der Waals surface area contributed by atoms with Gasteiger partial charge in [-0.05, 0) is 37.0 Å². The fourth-order valence-electron chi connectivity index (χ4n) is 3.32. The minimum atomic E-state index is -0.305. The van der Waals surface area contributed by atoms with Gasteiger partial charge in [0.1, 0.15) is 4.83 Å². The number of aryl methyl sites for hydroxylation is 1. The monoisotopic (exact) mass is 396 g/mol. The first-order valence-corrected chi connectivity index (χ1v) is 9.84.